The van der Waals surface area contributed by atoms with Gasteiger partial charge in [-0.1, -0.05) is 19.1 Å². The Balaban J connectivity index is 2.47. The van der Waals surface area contributed by atoms with Gasteiger partial charge in [0.25, 0.3) is 0 Å². The van der Waals surface area contributed by atoms with Gasteiger partial charge in [-0.05, 0) is 25.5 Å². The number of pyridine rings is 1. The molecule has 0 fully saturated rings. The van der Waals surface area contributed by atoms with Crippen molar-refractivity contribution in [3.8, 4) is 6.07 Å². The number of benzene rings is 1. The lowest BCUT2D eigenvalue weighted by molar-refractivity contribution is 0.627. The maximum Gasteiger partial charge on any atom is 0.122 e. The summed E-state index contributed by atoms with van der Waals surface area (Å²) in [5, 5.41) is 14.7. The molecule has 0 saturated heterocycles. The van der Waals surface area contributed by atoms with Crippen LogP contribution in [-0.4, -0.2) is 10.5 Å². The van der Waals surface area contributed by atoms with E-state index in [4.69, 9.17) is 0 Å². The van der Waals surface area contributed by atoms with Crippen LogP contribution in [0.3, 0.4) is 0 Å². The lowest BCUT2D eigenvalue weighted by Crippen LogP contribution is -2.31. The first-order valence-corrected chi connectivity index (χ1v) is 5.71. The van der Waals surface area contributed by atoms with Gasteiger partial charge in [0.1, 0.15) is 5.54 Å². The van der Waals surface area contributed by atoms with Crippen LogP contribution in [-0.2, 0) is 0 Å². The predicted molar refractivity (Wildman–Crippen MR) is 69.7 cm³/mol. The molecule has 1 unspecified atom stereocenters. The third kappa shape index (κ3) is 2.21. The van der Waals surface area contributed by atoms with Gasteiger partial charge in [0.2, 0.25) is 0 Å². The summed E-state index contributed by atoms with van der Waals surface area (Å²) in [7, 11) is 0. The number of nitrogens with zero attached hydrogens (tertiary/aromatic N) is 2. The largest absolute Gasteiger partial charge is 0.367 e. The summed E-state index contributed by atoms with van der Waals surface area (Å²) < 4.78 is 0. The van der Waals surface area contributed by atoms with Gasteiger partial charge in [0, 0.05) is 28.9 Å². The van der Waals surface area contributed by atoms with Crippen molar-refractivity contribution in [3.05, 3.63) is 36.7 Å². The predicted octanol–water partition coefficient (Wildman–Crippen LogP) is 3.34. The summed E-state index contributed by atoms with van der Waals surface area (Å²) in [6.45, 7) is 3.91. The van der Waals surface area contributed by atoms with Crippen molar-refractivity contribution < 1.29 is 0 Å². The van der Waals surface area contributed by atoms with Crippen molar-refractivity contribution in [2.45, 2.75) is 25.8 Å². The van der Waals surface area contributed by atoms with Crippen molar-refractivity contribution in [2.75, 3.05) is 5.32 Å². The maximum atomic E-state index is 9.19. The Morgan fingerprint density at radius 1 is 1.41 bits per heavy atom. The zero-order valence-electron chi connectivity index (χ0n) is 10.1. The third-order valence-electron chi connectivity index (χ3n) is 3.05. The fourth-order valence-corrected chi connectivity index (χ4v) is 1.72. The normalized spacial score (nSPS) is 13.9. The zero-order chi connectivity index (χ0) is 12.3. The van der Waals surface area contributed by atoms with Crippen LogP contribution in [0.5, 0.6) is 0 Å². The molecule has 1 aromatic carbocycles. The smallest absolute Gasteiger partial charge is 0.122 e. The van der Waals surface area contributed by atoms with E-state index < -0.39 is 5.54 Å². The molecule has 0 aliphatic heterocycles. The first-order chi connectivity index (χ1) is 8.18. The van der Waals surface area contributed by atoms with Crippen molar-refractivity contribution >= 4 is 16.5 Å². The molecule has 1 N–H and O–H groups in total. The Kier molecular flexibility index (Phi) is 2.97. The second kappa shape index (κ2) is 4.42. The lowest BCUT2D eigenvalue weighted by atomic mass is 10.00. The molecular weight excluding hydrogens is 210 g/mol. The number of hydrogen-bond donors (Lipinski definition) is 1. The summed E-state index contributed by atoms with van der Waals surface area (Å²) >= 11 is 0. The molecule has 3 heteroatoms. The zero-order valence-corrected chi connectivity index (χ0v) is 10.1. The topological polar surface area (TPSA) is 48.7 Å². The average Bonchev–Trinajstić information content (AvgIpc) is 2.39. The fraction of sp³-hybridized carbons (Fsp3) is 0.286. The highest BCUT2D eigenvalue weighted by molar-refractivity contribution is 5.93. The van der Waals surface area contributed by atoms with Crippen LogP contribution < -0.4 is 5.32 Å². The van der Waals surface area contributed by atoms with Gasteiger partial charge in [-0.15, -0.1) is 0 Å². The second-order valence-electron chi connectivity index (χ2n) is 4.32. The molecular formula is C14H15N3. The average molecular weight is 225 g/mol. The highest BCUT2D eigenvalue weighted by Gasteiger charge is 2.21. The van der Waals surface area contributed by atoms with E-state index in [0.29, 0.717) is 0 Å². The van der Waals surface area contributed by atoms with Gasteiger partial charge < -0.3 is 5.32 Å². The fourth-order valence-electron chi connectivity index (χ4n) is 1.72. The first-order valence-electron chi connectivity index (χ1n) is 5.71. The summed E-state index contributed by atoms with van der Waals surface area (Å²) in [6, 6.07) is 10.3. The Morgan fingerprint density at radius 2 is 2.24 bits per heavy atom. The van der Waals surface area contributed by atoms with Gasteiger partial charge in [0.15, 0.2) is 0 Å². The summed E-state index contributed by atoms with van der Waals surface area (Å²) in [4.78, 5) is 4.10. The highest BCUT2D eigenvalue weighted by atomic mass is 15.0. The molecule has 0 bridgehead atoms. The van der Waals surface area contributed by atoms with Crippen LogP contribution in [0.15, 0.2) is 36.7 Å². The van der Waals surface area contributed by atoms with E-state index in [0.717, 1.165) is 22.9 Å². The third-order valence-corrected chi connectivity index (χ3v) is 3.05. The molecule has 3 nitrogen and oxygen atoms in total. The van der Waals surface area contributed by atoms with E-state index in [9.17, 15) is 5.26 Å². The molecule has 0 spiro atoms. The molecule has 0 aliphatic carbocycles. The quantitative estimate of drug-likeness (QED) is 0.871. The molecule has 0 radical (unpaired) electrons. The molecule has 1 heterocycles. The number of rotatable bonds is 3. The Labute approximate surface area is 101 Å². The maximum absolute atomic E-state index is 9.19. The molecule has 2 aromatic rings. The van der Waals surface area contributed by atoms with E-state index >= 15 is 0 Å². The van der Waals surface area contributed by atoms with Gasteiger partial charge in [-0.25, -0.2) is 0 Å². The molecule has 1 atom stereocenters. The number of nitrogens with one attached hydrogen (secondary N) is 1. The minimum Gasteiger partial charge on any atom is -0.367 e. The van der Waals surface area contributed by atoms with Gasteiger partial charge >= 0.3 is 0 Å². The highest BCUT2D eigenvalue weighted by Crippen LogP contribution is 2.26. The number of hydrogen-bond acceptors (Lipinski definition) is 3. The van der Waals surface area contributed by atoms with Crippen LogP contribution in [0.4, 0.5) is 5.69 Å². The number of fused-ring (bicyclic) bond motifs is 1. The summed E-state index contributed by atoms with van der Waals surface area (Å²) in [5.74, 6) is 0. The van der Waals surface area contributed by atoms with Gasteiger partial charge in [0.05, 0.1) is 6.07 Å². The van der Waals surface area contributed by atoms with Crippen LogP contribution in [0.2, 0.25) is 0 Å². The van der Waals surface area contributed by atoms with E-state index in [2.05, 4.69) is 16.4 Å². The van der Waals surface area contributed by atoms with Crippen LogP contribution in [0.1, 0.15) is 20.3 Å². The molecule has 1 aromatic heterocycles. The van der Waals surface area contributed by atoms with Crippen LogP contribution in [0, 0.1) is 11.3 Å². The van der Waals surface area contributed by atoms with E-state index in [1.807, 2.05) is 44.3 Å². The SMILES string of the molecule is CCC(C)(C#N)Nc1cccc2cnccc12. The van der Waals surface area contributed by atoms with Gasteiger partial charge in [-0.3, -0.25) is 4.98 Å². The summed E-state index contributed by atoms with van der Waals surface area (Å²) in [6.07, 6.45) is 4.35. The standard InChI is InChI=1S/C14H15N3/c1-3-14(2,10-15)17-13-6-4-5-11-9-16-8-7-12(11)13/h4-9,17H,3H2,1-2H3. The van der Waals surface area contributed by atoms with Crippen LogP contribution >= 0.6 is 0 Å². The minimum absolute atomic E-state index is 0.530. The molecule has 86 valence electrons. The minimum atomic E-state index is -0.530. The Morgan fingerprint density at radius 3 is 2.94 bits per heavy atom. The monoisotopic (exact) mass is 225 g/mol. The first kappa shape index (κ1) is 11.4. The van der Waals surface area contributed by atoms with Crippen molar-refractivity contribution in [1.29, 1.82) is 5.26 Å². The Hall–Kier alpha value is -2.08. The van der Waals surface area contributed by atoms with E-state index in [-0.39, 0.29) is 0 Å². The number of anilines is 1. The molecule has 2 rings (SSSR count). The number of aromatic nitrogens is 1. The van der Waals surface area contributed by atoms with Gasteiger partial charge in [-0.2, -0.15) is 5.26 Å². The lowest BCUT2D eigenvalue weighted by Gasteiger charge is -2.23. The van der Waals surface area contributed by atoms with Crippen molar-refractivity contribution in [3.63, 3.8) is 0 Å². The molecule has 0 aliphatic rings. The Bertz CT molecular complexity index is 566. The van der Waals surface area contributed by atoms with Crippen LogP contribution in [0.25, 0.3) is 10.8 Å². The summed E-state index contributed by atoms with van der Waals surface area (Å²) in [5.41, 5.74) is 0.452. The van der Waals surface area contributed by atoms with E-state index in [1.54, 1.807) is 6.20 Å². The van der Waals surface area contributed by atoms with E-state index in [1.165, 1.54) is 0 Å². The molecule has 0 saturated carbocycles. The number of nitriles is 1. The second-order valence-corrected chi connectivity index (χ2v) is 4.32. The van der Waals surface area contributed by atoms with Crippen molar-refractivity contribution in [1.82, 2.24) is 4.98 Å². The van der Waals surface area contributed by atoms with Crippen molar-refractivity contribution in [2.24, 2.45) is 0 Å². The molecule has 17 heavy (non-hydrogen) atoms. The molecule has 0 amide bonds.